The van der Waals surface area contributed by atoms with Crippen LogP contribution in [0.1, 0.15) is 5.82 Å². The van der Waals surface area contributed by atoms with Gasteiger partial charge in [0.25, 0.3) is 10.0 Å². The smallest absolute Gasteiger partial charge is 0.361 e. The minimum atomic E-state index is -5.07. The molecule has 5 aromatic rings. The van der Waals surface area contributed by atoms with Crippen molar-refractivity contribution >= 4 is 29.1 Å². The summed E-state index contributed by atoms with van der Waals surface area (Å²) in [5.41, 5.74) is 2.69. The quantitative estimate of drug-likeness (QED) is 0.212. The lowest BCUT2D eigenvalue weighted by Crippen LogP contribution is -2.20. The number of pyridine rings is 1. The van der Waals surface area contributed by atoms with E-state index in [-0.39, 0.29) is 17.9 Å². The molecule has 0 unspecified atom stereocenters. The van der Waals surface area contributed by atoms with Crippen LogP contribution in [0.4, 0.5) is 5.82 Å². The highest BCUT2D eigenvalue weighted by Crippen LogP contribution is 2.33. The summed E-state index contributed by atoms with van der Waals surface area (Å²) in [4.78, 5) is 34.6. The Kier molecular flexibility index (Phi) is 6.50. The van der Waals surface area contributed by atoms with Gasteiger partial charge in [-0.2, -0.15) is 0 Å². The van der Waals surface area contributed by atoms with Gasteiger partial charge in [0.2, 0.25) is 0 Å². The maximum Gasteiger partial charge on any atom is 0.414 e. The van der Waals surface area contributed by atoms with Crippen LogP contribution in [0.5, 0.6) is 0 Å². The number of fused-ring (bicyclic) bond motifs is 1. The standard InChI is InChI=1S/C22H19N8O5PS/c31-36(32,33)29-37(34,35)17-11-16(12-23-13-17)21-27-22(26-14-19-24-8-4-9-25-19)20-18(7-10-30(20)28-21)15-5-2-1-3-6-15/h1-13H,14H2,(H,26,27,28)(H3,29,31,32,33). The SMILES string of the molecule is O=P(O)(O)NS(=O)(=O)c1cncc(-c2nc(NCc3ncccn3)c3c(-c4ccccc4)ccn3n2)c1. The van der Waals surface area contributed by atoms with Crippen molar-refractivity contribution < 1.29 is 22.8 Å². The molecule has 0 spiro atoms. The van der Waals surface area contributed by atoms with E-state index in [1.54, 1.807) is 29.2 Å². The van der Waals surface area contributed by atoms with Crippen LogP contribution in [-0.2, 0) is 21.1 Å². The van der Waals surface area contributed by atoms with E-state index in [9.17, 15) is 13.0 Å². The summed E-state index contributed by atoms with van der Waals surface area (Å²) in [5, 5.41) is 7.77. The number of hydrogen-bond donors (Lipinski definition) is 4. The molecule has 188 valence electrons. The van der Waals surface area contributed by atoms with Crippen LogP contribution in [0.2, 0.25) is 0 Å². The molecule has 4 heterocycles. The first-order chi connectivity index (χ1) is 17.7. The second-order valence-electron chi connectivity index (χ2n) is 7.74. The average Bonchev–Trinajstić information content (AvgIpc) is 3.31. The number of benzene rings is 1. The van der Waals surface area contributed by atoms with Gasteiger partial charge in [-0.3, -0.25) is 4.98 Å². The van der Waals surface area contributed by atoms with Gasteiger partial charge in [-0.25, -0.2) is 32.5 Å². The van der Waals surface area contributed by atoms with E-state index in [2.05, 4.69) is 30.4 Å². The average molecular weight is 538 g/mol. The molecule has 0 radical (unpaired) electrons. The van der Waals surface area contributed by atoms with E-state index in [0.717, 1.165) is 17.3 Å². The minimum Gasteiger partial charge on any atom is -0.361 e. The number of hydrogen-bond acceptors (Lipinski definition) is 9. The highest BCUT2D eigenvalue weighted by atomic mass is 32.2. The van der Waals surface area contributed by atoms with Gasteiger partial charge in [0.15, 0.2) is 11.6 Å². The zero-order valence-corrected chi connectivity index (χ0v) is 20.6. The summed E-state index contributed by atoms with van der Waals surface area (Å²) in [6.07, 6.45) is 7.32. The lowest BCUT2D eigenvalue weighted by molar-refractivity contribution is 0.368. The number of nitrogens with zero attached hydrogens (tertiary/aromatic N) is 6. The lowest BCUT2D eigenvalue weighted by Gasteiger charge is -2.12. The molecule has 1 aromatic carbocycles. The first kappa shape index (κ1) is 24.6. The van der Waals surface area contributed by atoms with Gasteiger partial charge >= 0.3 is 7.75 Å². The van der Waals surface area contributed by atoms with E-state index in [1.807, 2.05) is 36.4 Å². The summed E-state index contributed by atoms with van der Waals surface area (Å²) in [5.74, 6) is 1.09. The fourth-order valence-electron chi connectivity index (χ4n) is 3.60. The van der Waals surface area contributed by atoms with Crippen molar-refractivity contribution in [1.82, 2.24) is 34.0 Å². The lowest BCUT2D eigenvalue weighted by atomic mass is 10.1. The minimum absolute atomic E-state index is 0.125. The fourth-order valence-corrected chi connectivity index (χ4v) is 5.76. The van der Waals surface area contributed by atoms with Gasteiger partial charge in [-0.05, 0) is 23.8 Å². The summed E-state index contributed by atoms with van der Waals surface area (Å²) in [6.45, 7) is 0.255. The molecule has 0 bridgehead atoms. The zero-order chi connectivity index (χ0) is 26.0. The van der Waals surface area contributed by atoms with Crippen molar-refractivity contribution in [2.24, 2.45) is 0 Å². The van der Waals surface area contributed by atoms with Gasteiger partial charge in [0, 0.05) is 42.1 Å². The number of rotatable bonds is 8. The Balaban J connectivity index is 1.61. The van der Waals surface area contributed by atoms with Crippen molar-refractivity contribution in [2.45, 2.75) is 11.4 Å². The van der Waals surface area contributed by atoms with Crippen LogP contribution >= 0.6 is 7.75 Å². The molecule has 13 nitrogen and oxygen atoms in total. The normalized spacial score (nSPS) is 12.1. The maximum atomic E-state index is 12.4. The Hall–Kier alpha value is -4.07. The van der Waals surface area contributed by atoms with Crippen LogP contribution in [-0.4, -0.2) is 47.8 Å². The molecule has 4 aromatic heterocycles. The van der Waals surface area contributed by atoms with E-state index < -0.39 is 22.7 Å². The van der Waals surface area contributed by atoms with Crippen LogP contribution < -0.4 is 9.81 Å². The van der Waals surface area contributed by atoms with Gasteiger partial charge in [-0.1, -0.05) is 30.3 Å². The molecule has 0 aliphatic heterocycles. The van der Waals surface area contributed by atoms with Gasteiger partial charge in [0.1, 0.15) is 16.2 Å². The molecule has 5 rings (SSSR count). The second kappa shape index (κ2) is 9.76. The number of sulfonamides is 1. The van der Waals surface area contributed by atoms with Gasteiger partial charge < -0.3 is 15.1 Å². The fraction of sp³-hybridized carbons (Fsp3) is 0.0455. The third-order valence-corrected chi connectivity index (χ3v) is 7.91. The molecule has 0 atom stereocenters. The largest absolute Gasteiger partial charge is 0.414 e. The maximum absolute atomic E-state index is 12.4. The number of aromatic nitrogens is 6. The van der Waals surface area contributed by atoms with Crippen LogP contribution in [0, 0.1) is 0 Å². The molecule has 0 saturated heterocycles. The molecule has 0 amide bonds. The molecular weight excluding hydrogens is 519 g/mol. The molecule has 4 N–H and O–H groups in total. The van der Waals surface area contributed by atoms with Crippen molar-refractivity contribution in [3.63, 3.8) is 0 Å². The Morgan fingerprint density at radius 3 is 2.46 bits per heavy atom. The Morgan fingerprint density at radius 1 is 0.973 bits per heavy atom. The Morgan fingerprint density at radius 2 is 1.73 bits per heavy atom. The summed E-state index contributed by atoms with van der Waals surface area (Å²) >= 11 is 0. The first-order valence-corrected chi connectivity index (χ1v) is 13.8. The van der Waals surface area contributed by atoms with Crippen LogP contribution in [0.25, 0.3) is 28.0 Å². The molecule has 0 aliphatic rings. The summed E-state index contributed by atoms with van der Waals surface area (Å²) in [6, 6.07) is 14.4. The zero-order valence-electron chi connectivity index (χ0n) is 18.9. The molecule has 15 heteroatoms. The van der Waals surface area contributed by atoms with Gasteiger partial charge in [-0.15, -0.1) is 9.59 Å². The van der Waals surface area contributed by atoms with E-state index in [1.165, 1.54) is 16.8 Å². The topological polar surface area (TPSA) is 185 Å². The predicted octanol–water partition coefficient (Wildman–Crippen LogP) is 2.23. The molecular formula is C22H19N8O5PS. The van der Waals surface area contributed by atoms with Crippen molar-refractivity contribution in [3.8, 4) is 22.5 Å². The predicted molar refractivity (Wildman–Crippen MR) is 133 cm³/mol. The molecule has 0 saturated carbocycles. The van der Waals surface area contributed by atoms with E-state index in [4.69, 9.17) is 9.79 Å². The van der Waals surface area contributed by atoms with Crippen LogP contribution in [0.3, 0.4) is 0 Å². The highest BCUT2D eigenvalue weighted by molar-refractivity contribution is 7.94. The van der Waals surface area contributed by atoms with Gasteiger partial charge in [0.05, 0.1) is 6.54 Å². The van der Waals surface area contributed by atoms with Crippen molar-refractivity contribution in [1.29, 1.82) is 0 Å². The van der Waals surface area contributed by atoms with Crippen LogP contribution in [0.15, 0.2) is 84.4 Å². The summed E-state index contributed by atoms with van der Waals surface area (Å²) in [7, 11) is -9.62. The van der Waals surface area contributed by atoms with E-state index in [0.29, 0.717) is 17.2 Å². The third kappa shape index (κ3) is 5.53. The molecule has 0 fully saturated rings. The van der Waals surface area contributed by atoms with E-state index >= 15 is 0 Å². The highest BCUT2D eigenvalue weighted by Gasteiger charge is 2.26. The molecule has 0 aliphatic carbocycles. The Labute approximate surface area is 210 Å². The van der Waals surface area contributed by atoms with Crippen molar-refractivity contribution in [3.05, 3.63) is 85.3 Å². The second-order valence-corrected chi connectivity index (χ2v) is 11.0. The summed E-state index contributed by atoms with van der Waals surface area (Å²) < 4.78 is 39.0. The third-order valence-electron chi connectivity index (χ3n) is 5.15. The monoisotopic (exact) mass is 538 g/mol. The number of anilines is 1. The number of nitrogens with one attached hydrogen (secondary N) is 2. The Bertz CT molecular complexity index is 1730. The van der Waals surface area contributed by atoms with Crippen molar-refractivity contribution in [2.75, 3.05) is 5.32 Å². The molecule has 37 heavy (non-hydrogen) atoms. The first-order valence-electron chi connectivity index (χ1n) is 10.7.